The van der Waals surface area contributed by atoms with Gasteiger partial charge in [0.2, 0.25) is 0 Å². The van der Waals surface area contributed by atoms with E-state index in [0.717, 1.165) is 35.1 Å². The fourth-order valence-electron chi connectivity index (χ4n) is 5.41. The Balaban J connectivity index is 1.61. The molecule has 0 heterocycles. The largest absolute Gasteiger partial charge is 0.0622 e. The highest BCUT2D eigenvalue weighted by Crippen LogP contribution is 2.59. The van der Waals surface area contributed by atoms with E-state index >= 15 is 0 Å². The molecule has 0 bridgehead atoms. The summed E-state index contributed by atoms with van der Waals surface area (Å²) in [4.78, 5) is 0. The molecule has 0 aliphatic heterocycles. The van der Waals surface area contributed by atoms with Crippen LogP contribution in [0.1, 0.15) is 50.0 Å². The van der Waals surface area contributed by atoms with E-state index < -0.39 is 0 Å². The van der Waals surface area contributed by atoms with E-state index in [4.69, 9.17) is 0 Å². The Hall–Kier alpha value is -0.563. The van der Waals surface area contributed by atoms with Crippen molar-refractivity contribution in [1.29, 1.82) is 0 Å². The number of benzene rings is 1. The molecule has 1 aromatic rings. The summed E-state index contributed by atoms with van der Waals surface area (Å²) in [6.45, 7) is 0. The summed E-state index contributed by atoms with van der Waals surface area (Å²) < 4.78 is 0. The average molecular weight is 267 g/mol. The molecule has 0 amide bonds. The van der Waals surface area contributed by atoms with Crippen molar-refractivity contribution < 1.29 is 0 Å². The van der Waals surface area contributed by atoms with E-state index in [1.165, 1.54) is 38.5 Å². The van der Waals surface area contributed by atoms with Crippen LogP contribution in [0.3, 0.4) is 0 Å². The number of rotatable bonds is 1. The minimum absolute atomic E-state index is 0.761. The third-order valence-electron chi connectivity index (χ3n) is 6.29. The standard InChI is InChI=1S/C18H23Si/c19-18-11-15(12-5-2-1-3-6-12)16-9-13-7-4-8-14(13)10-17(16)18/h1-3,5-6,13-18H,4,7-11H2. The van der Waals surface area contributed by atoms with E-state index in [2.05, 4.69) is 40.6 Å². The second-order valence-electron chi connectivity index (χ2n) is 7.11. The maximum absolute atomic E-state index is 4.07. The van der Waals surface area contributed by atoms with Gasteiger partial charge in [0.25, 0.3) is 0 Å². The molecule has 6 atom stereocenters. The Morgan fingerprint density at radius 2 is 1.53 bits per heavy atom. The predicted octanol–water partition coefficient (Wildman–Crippen LogP) is 4.57. The molecule has 0 spiro atoms. The lowest BCUT2D eigenvalue weighted by molar-refractivity contribution is 0.147. The van der Waals surface area contributed by atoms with Crippen LogP contribution in [0.15, 0.2) is 30.3 Å². The third-order valence-corrected chi connectivity index (χ3v) is 6.95. The molecule has 3 aliphatic rings. The van der Waals surface area contributed by atoms with Crippen molar-refractivity contribution in [2.45, 2.75) is 50.0 Å². The molecule has 3 aliphatic carbocycles. The summed E-state index contributed by atoms with van der Waals surface area (Å²) in [7, 11) is 4.07. The number of hydrogen-bond donors (Lipinski definition) is 0. The molecule has 1 heteroatoms. The zero-order chi connectivity index (χ0) is 12.8. The minimum atomic E-state index is 0.761. The minimum Gasteiger partial charge on any atom is -0.0622 e. The van der Waals surface area contributed by atoms with Crippen LogP contribution in [-0.2, 0) is 0 Å². The first-order valence-corrected chi connectivity index (χ1v) is 8.66. The van der Waals surface area contributed by atoms with Crippen molar-refractivity contribution in [2.24, 2.45) is 23.7 Å². The summed E-state index contributed by atoms with van der Waals surface area (Å²) in [5, 5.41) is 0. The lowest BCUT2D eigenvalue weighted by atomic mass is 9.68. The van der Waals surface area contributed by atoms with Crippen LogP contribution < -0.4 is 0 Å². The first-order chi connectivity index (χ1) is 9.33. The van der Waals surface area contributed by atoms with Crippen LogP contribution in [0.5, 0.6) is 0 Å². The molecule has 4 rings (SSSR count). The average Bonchev–Trinajstić information content (AvgIpc) is 3.02. The van der Waals surface area contributed by atoms with Crippen molar-refractivity contribution in [3.8, 4) is 0 Å². The summed E-state index contributed by atoms with van der Waals surface area (Å²) in [5.74, 6) is 4.83. The highest BCUT2D eigenvalue weighted by atomic mass is 28.1. The van der Waals surface area contributed by atoms with Gasteiger partial charge in [-0.1, -0.05) is 49.6 Å². The molecule has 3 fully saturated rings. The lowest BCUT2D eigenvalue weighted by Crippen LogP contribution is -2.29. The highest BCUT2D eigenvalue weighted by molar-refractivity contribution is 6.12. The molecule has 3 saturated carbocycles. The summed E-state index contributed by atoms with van der Waals surface area (Å²) in [5.41, 5.74) is 2.35. The van der Waals surface area contributed by atoms with Crippen molar-refractivity contribution in [2.75, 3.05) is 0 Å². The molecule has 1 aromatic carbocycles. The van der Waals surface area contributed by atoms with Gasteiger partial charge in [-0.3, -0.25) is 0 Å². The second-order valence-corrected chi connectivity index (χ2v) is 7.85. The van der Waals surface area contributed by atoms with Crippen molar-refractivity contribution in [1.82, 2.24) is 0 Å². The van der Waals surface area contributed by atoms with Crippen LogP contribution in [0.25, 0.3) is 0 Å². The van der Waals surface area contributed by atoms with E-state index in [9.17, 15) is 0 Å². The van der Waals surface area contributed by atoms with Crippen molar-refractivity contribution >= 4 is 10.2 Å². The van der Waals surface area contributed by atoms with Gasteiger partial charge in [0.15, 0.2) is 0 Å². The Bertz CT molecular complexity index is 440. The van der Waals surface area contributed by atoms with Crippen LogP contribution in [-0.4, -0.2) is 10.2 Å². The van der Waals surface area contributed by atoms with Crippen LogP contribution in [0.2, 0.25) is 5.54 Å². The van der Waals surface area contributed by atoms with Crippen molar-refractivity contribution in [3.63, 3.8) is 0 Å². The van der Waals surface area contributed by atoms with Gasteiger partial charge in [0.1, 0.15) is 0 Å². The first-order valence-electron chi connectivity index (χ1n) is 8.09. The van der Waals surface area contributed by atoms with Crippen molar-refractivity contribution in [3.05, 3.63) is 35.9 Å². The van der Waals surface area contributed by atoms with Gasteiger partial charge in [0.05, 0.1) is 0 Å². The molecular formula is C18H23Si. The van der Waals surface area contributed by atoms with Crippen LogP contribution in [0.4, 0.5) is 0 Å². The lowest BCUT2D eigenvalue weighted by Gasteiger charge is -2.38. The Labute approximate surface area is 120 Å². The normalized spacial score (nSPS) is 44.9. The van der Waals surface area contributed by atoms with E-state index in [0.29, 0.717) is 0 Å². The monoisotopic (exact) mass is 267 g/mol. The predicted molar refractivity (Wildman–Crippen MR) is 80.3 cm³/mol. The van der Waals surface area contributed by atoms with E-state index in [-0.39, 0.29) is 0 Å². The smallest absolute Gasteiger partial charge is 0.0270 e. The number of hydrogen-bond acceptors (Lipinski definition) is 0. The first kappa shape index (κ1) is 12.2. The summed E-state index contributed by atoms with van der Waals surface area (Å²) in [6.07, 6.45) is 8.90. The molecule has 0 aromatic heterocycles. The van der Waals surface area contributed by atoms with E-state index in [1.54, 1.807) is 5.56 Å². The molecule has 0 saturated heterocycles. The molecule has 0 nitrogen and oxygen atoms in total. The fraction of sp³-hybridized carbons (Fsp3) is 0.667. The summed E-state index contributed by atoms with van der Waals surface area (Å²) >= 11 is 0. The van der Waals surface area contributed by atoms with Gasteiger partial charge in [-0.15, -0.1) is 0 Å². The van der Waals surface area contributed by atoms with Crippen LogP contribution >= 0.6 is 0 Å². The highest BCUT2D eigenvalue weighted by Gasteiger charge is 2.48. The molecule has 99 valence electrons. The van der Waals surface area contributed by atoms with Gasteiger partial charge >= 0.3 is 0 Å². The molecule has 6 unspecified atom stereocenters. The Morgan fingerprint density at radius 1 is 0.842 bits per heavy atom. The van der Waals surface area contributed by atoms with Gasteiger partial charge in [0, 0.05) is 10.2 Å². The third kappa shape index (κ3) is 2.01. The Morgan fingerprint density at radius 3 is 2.26 bits per heavy atom. The molecular weight excluding hydrogens is 244 g/mol. The maximum Gasteiger partial charge on any atom is 0.0270 e. The van der Waals surface area contributed by atoms with E-state index in [1.807, 2.05) is 0 Å². The molecule has 19 heavy (non-hydrogen) atoms. The SMILES string of the molecule is [Si]C1CC(c2ccccc2)C2CC3CCCC3CC12. The topological polar surface area (TPSA) is 0 Å². The molecule has 0 N–H and O–H groups in total. The van der Waals surface area contributed by atoms with Gasteiger partial charge < -0.3 is 0 Å². The zero-order valence-electron chi connectivity index (χ0n) is 11.6. The fourth-order valence-corrected chi connectivity index (χ4v) is 6.05. The molecule has 3 radical (unpaired) electrons. The second kappa shape index (κ2) is 4.77. The summed E-state index contributed by atoms with van der Waals surface area (Å²) in [6, 6.07) is 11.3. The maximum atomic E-state index is 4.07. The van der Waals surface area contributed by atoms with Gasteiger partial charge in [-0.25, -0.2) is 0 Å². The van der Waals surface area contributed by atoms with Gasteiger partial charge in [-0.2, -0.15) is 0 Å². The quantitative estimate of drug-likeness (QED) is 0.654. The Kier molecular flexibility index (Phi) is 3.06. The van der Waals surface area contributed by atoms with Gasteiger partial charge in [-0.05, 0) is 60.0 Å². The van der Waals surface area contributed by atoms with Crippen LogP contribution in [0, 0.1) is 23.7 Å². The zero-order valence-corrected chi connectivity index (χ0v) is 12.6. The number of fused-ring (bicyclic) bond motifs is 2.